The predicted molar refractivity (Wildman–Crippen MR) is 166 cm³/mol. The molecular formula is C35H39N3O5. The summed E-state index contributed by atoms with van der Waals surface area (Å²) in [5.74, 6) is -0.0715. The number of amides is 1. The molecule has 4 aromatic rings. The van der Waals surface area contributed by atoms with Gasteiger partial charge in [0.25, 0.3) is 11.7 Å². The quantitative estimate of drug-likeness (QED) is 0.125. The number of fused-ring (bicyclic) bond motifs is 1. The fourth-order valence-corrected chi connectivity index (χ4v) is 5.51. The number of Topliss-reactive ketones (excluding diaryl/α,β-unsaturated/α-hetero) is 1. The molecule has 0 spiro atoms. The summed E-state index contributed by atoms with van der Waals surface area (Å²) in [6, 6.07) is 18.3. The first kappa shape index (κ1) is 29.9. The van der Waals surface area contributed by atoms with E-state index in [1.54, 1.807) is 4.90 Å². The van der Waals surface area contributed by atoms with E-state index in [0.29, 0.717) is 54.0 Å². The first-order chi connectivity index (χ1) is 20.7. The van der Waals surface area contributed by atoms with Crippen molar-refractivity contribution in [3.05, 3.63) is 101 Å². The molecule has 2 aromatic heterocycles. The summed E-state index contributed by atoms with van der Waals surface area (Å²) in [6.07, 6.45) is 3.31. The summed E-state index contributed by atoms with van der Waals surface area (Å²) < 4.78 is 13.9. The molecule has 1 unspecified atom stereocenters. The van der Waals surface area contributed by atoms with Crippen LogP contribution in [-0.2, 0) is 16.0 Å². The molecule has 224 valence electrons. The Morgan fingerprint density at radius 1 is 1.00 bits per heavy atom. The number of likely N-dealkylation sites (tertiary alicyclic amines) is 1. The van der Waals surface area contributed by atoms with Crippen LogP contribution in [0.15, 0.2) is 72.4 Å². The third-order valence-electron chi connectivity index (χ3n) is 7.87. The minimum atomic E-state index is -0.835. The van der Waals surface area contributed by atoms with Gasteiger partial charge in [-0.05, 0) is 74.4 Å². The van der Waals surface area contributed by atoms with Crippen molar-refractivity contribution in [1.82, 2.24) is 14.3 Å². The first-order valence-corrected chi connectivity index (χ1v) is 14.9. The van der Waals surface area contributed by atoms with Gasteiger partial charge in [0, 0.05) is 12.7 Å². The average molecular weight is 582 g/mol. The van der Waals surface area contributed by atoms with Crippen LogP contribution in [0.1, 0.15) is 61.3 Å². The lowest BCUT2D eigenvalue weighted by Crippen LogP contribution is -2.31. The third kappa shape index (κ3) is 6.00. The Morgan fingerprint density at radius 2 is 1.77 bits per heavy atom. The fourth-order valence-electron chi connectivity index (χ4n) is 5.51. The van der Waals surface area contributed by atoms with E-state index >= 15 is 0 Å². The van der Waals surface area contributed by atoms with Gasteiger partial charge in [-0.3, -0.25) is 9.59 Å². The number of pyridine rings is 1. The van der Waals surface area contributed by atoms with Gasteiger partial charge >= 0.3 is 0 Å². The monoisotopic (exact) mass is 581 g/mol. The number of carbonyl (C=O) groups excluding carboxylic acids is 2. The number of carbonyl (C=O) groups is 2. The van der Waals surface area contributed by atoms with Crippen LogP contribution in [0.4, 0.5) is 0 Å². The molecule has 43 heavy (non-hydrogen) atoms. The molecular weight excluding hydrogens is 542 g/mol. The molecule has 1 amide bonds. The smallest absolute Gasteiger partial charge is 0.295 e. The highest BCUT2D eigenvalue weighted by Gasteiger charge is 2.46. The van der Waals surface area contributed by atoms with Crippen molar-refractivity contribution in [2.24, 2.45) is 5.92 Å². The lowest BCUT2D eigenvalue weighted by atomic mass is 9.95. The molecule has 1 saturated heterocycles. The van der Waals surface area contributed by atoms with Crippen LogP contribution in [0.2, 0.25) is 0 Å². The van der Waals surface area contributed by atoms with Crippen molar-refractivity contribution in [2.45, 2.75) is 53.5 Å². The minimum Gasteiger partial charge on any atom is -0.505 e. The molecule has 3 heterocycles. The number of imidazole rings is 1. The summed E-state index contributed by atoms with van der Waals surface area (Å²) >= 11 is 0. The molecule has 0 bridgehead atoms. The lowest BCUT2D eigenvalue weighted by molar-refractivity contribution is -0.139. The standard InChI is InChI=1S/C35H39N3O5/c1-6-42-28-21-26(14-15-27(28)43-20-17-22(2)3)31-29(32(39)30-24(5)37-18-10-11-23(4)34(37)36-30)33(40)35(41)38(31)19-16-25-12-8-7-9-13-25/h7-15,18,21-22,31,39H,6,16-17,19-20H2,1-5H3/b32-29+. The number of aryl methyl sites for hydroxylation is 2. The summed E-state index contributed by atoms with van der Waals surface area (Å²) in [7, 11) is 0. The van der Waals surface area contributed by atoms with Crippen LogP contribution in [-0.4, -0.2) is 50.8 Å². The van der Waals surface area contributed by atoms with Crippen LogP contribution in [0.25, 0.3) is 11.4 Å². The molecule has 2 aromatic carbocycles. The van der Waals surface area contributed by atoms with E-state index in [4.69, 9.17) is 14.5 Å². The van der Waals surface area contributed by atoms with Gasteiger partial charge in [0.05, 0.1) is 30.5 Å². The number of aliphatic hydroxyl groups excluding tert-OH is 1. The zero-order chi connectivity index (χ0) is 30.7. The minimum absolute atomic E-state index is 0.0122. The number of hydrogen-bond acceptors (Lipinski definition) is 6. The van der Waals surface area contributed by atoms with Crippen molar-refractivity contribution < 1.29 is 24.2 Å². The first-order valence-electron chi connectivity index (χ1n) is 14.9. The Balaban J connectivity index is 1.62. The Hall–Kier alpha value is -4.59. The lowest BCUT2D eigenvalue weighted by Gasteiger charge is -2.26. The maximum absolute atomic E-state index is 13.7. The Morgan fingerprint density at radius 3 is 2.47 bits per heavy atom. The second-order valence-electron chi connectivity index (χ2n) is 11.3. The molecule has 8 nitrogen and oxygen atoms in total. The van der Waals surface area contributed by atoms with Crippen LogP contribution >= 0.6 is 0 Å². The van der Waals surface area contributed by atoms with Crippen molar-refractivity contribution in [3.8, 4) is 11.5 Å². The second kappa shape index (κ2) is 12.7. The zero-order valence-electron chi connectivity index (χ0n) is 25.5. The largest absolute Gasteiger partial charge is 0.505 e. The van der Waals surface area contributed by atoms with Crippen molar-refractivity contribution in [1.29, 1.82) is 0 Å². The van der Waals surface area contributed by atoms with Crippen molar-refractivity contribution >= 4 is 23.1 Å². The van der Waals surface area contributed by atoms with E-state index in [1.807, 2.05) is 92.0 Å². The summed E-state index contributed by atoms with van der Waals surface area (Å²) in [5, 5.41) is 11.8. The molecule has 1 aliphatic heterocycles. The summed E-state index contributed by atoms with van der Waals surface area (Å²) in [5.41, 5.74) is 4.26. The highest BCUT2D eigenvalue weighted by Crippen LogP contribution is 2.42. The van der Waals surface area contributed by atoms with Crippen molar-refractivity contribution in [2.75, 3.05) is 19.8 Å². The Bertz CT molecular complexity index is 1670. The number of ketones is 1. The van der Waals surface area contributed by atoms with Gasteiger partial charge in [0.1, 0.15) is 11.3 Å². The third-order valence-corrected chi connectivity index (χ3v) is 7.87. The normalized spacial score (nSPS) is 16.4. The number of ether oxygens (including phenoxy) is 2. The molecule has 1 atom stereocenters. The van der Waals surface area contributed by atoms with Gasteiger partial charge in [-0.2, -0.15) is 0 Å². The average Bonchev–Trinajstić information content (AvgIpc) is 3.46. The van der Waals surface area contributed by atoms with Gasteiger partial charge in [-0.15, -0.1) is 0 Å². The molecule has 0 saturated carbocycles. The molecule has 0 aliphatic carbocycles. The van der Waals surface area contributed by atoms with Gasteiger partial charge < -0.3 is 23.9 Å². The SMILES string of the molecule is CCOc1cc(C2/C(=C(\O)c3nc4c(C)cccn4c3C)C(=O)C(=O)N2CCc2ccccc2)ccc1OCCC(C)C. The topological polar surface area (TPSA) is 93.4 Å². The Kier molecular flexibility index (Phi) is 8.85. The summed E-state index contributed by atoms with van der Waals surface area (Å²) in [6.45, 7) is 11.2. The van der Waals surface area contributed by atoms with Gasteiger partial charge in [-0.1, -0.05) is 56.3 Å². The van der Waals surface area contributed by atoms with E-state index in [2.05, 4.69) is 13.8 Å². The van der Waals surface area contributed by atoms with Gasteiger partial charge in [0.2, 0.25) is 0 Å². The van der Waals surface area contributed by atoms with E-state index in [0.717, 1.165) is 17.5 Å². The van der Waals surface area contributed by atoms with Crippen LogP contribution in [0.3, 0.4) is 0 Å². The molecule has 1 N–H and O–H groups in total. The van der Waals surface area contributed by atoms with Gasteiger partial charge in [0.15, 0.2) is 17.3 Å². The number of hydrogen-bond donors (Lipinski definition) is 1. The number of aromatic nitrogens is 2. The maximum Gasteiger partial charge on any atom is 0.295 e. The molecule has 1 fully saturated rings. The molecule has 5 rings (SSSR count). The number of rotatable bonds is 11. The number of benzene rings is 2. The fraction of sp³-hybridized carbons (Fsp3) is 0.343. The highest BCUT2D eigenvalue weighted by atomic mass is 16.5. The predicted octanol–water partition coefficient (Wildman–Crippen LogP) is 6.44. The van der Waals surface area contributed by atoms with Crippen LogP contribution in [0.5, 0.6) is 11.5 Å². The van der Waals surface area contributed by atoms with Crippen LogP contribution in [0, 0.1) is 19.8 Å². The van der Waals surface area contributed by atoms with E-state index < -0.39 is 17.7 Å². The maximum atomic E-state index is 13.7. The van der Waals surface area contributed by atoms with E-state index in [1.165, 1.54) is 0 Å². The number of nitrogens with zero attached hydrogens (tertiary/aromatic N) is 3. The number of aliphatic hydroxyl groups is 1. The molecule has 0 radical (unpaired) electrons. The second-order valence-corrected chi connectivity index (χ2v) is 11.3. The highest BCUT2D eigenvalue weighted by molar-refractivity contribution is 6.46. The van der Waals surface area contributed by atoms with E-state index in [-0.39, 0.29) is 23.6 Å². The van der Waals surface area contributed by atoms with Crippen molar-refractivity contribution in [3.63, 3.8) is 0 Å². The zero-order valence-corrected chi connectivity index (χ0v) is 25.5. The van der Waals surface area contributed by atoms with E-state index in [9.17, 15) is 14.7 Å². The molecule has 8 heteroatoms. The van der Waals surface area contributed by atoms with Crippen LogP contribution < -0.4 is 9.47 Å². The Labute approximate surface area is 252 Å². The summed E-state index contributed by atoms with van der Waals surface area (Å²) in [4.78, 5) is 33.5. The molecule has 1 aliphatic rings. The van der Waals surface area contributed by atoms with Gasteiger partial charge in [-0.25, -0.2) is 4.98 Å².